The van der Waals surface area contributed by atoms with Gasteiger partial charge in [0.15, 0.2) is 0 Å². The van der Waals surface area contributed by atoms with Crippen LogP contribution in [0.2, 0.25) is 0 Å². The molecular weight excluding hydrogens is 298 g/mol. The fourth-order valence-corrected chi connectivity index (χ4v) is 2.73. The maximum Gasteiger partial charge on any atom is 0.238 e. The number of nitrogens with zero attached hydrogens (tertiary/aromatic N) is 2. The average molecular weight is 312 g/mol. The van der Waals surface area contributed by atoms with Crippen molar-refractivity contribution in [2.24, 2.45) is 5.14 Å². The number of primary sulfonamides is 1. The largest absolute Gasteiger partial charge is 0.238 e. The van der Waals surface area contributed by atoms with Gasteiger partial charge in [-0.1, -0.05) is 30.3 Å². The molecule has 0 saturated carbocycles. The molecule has 0 aliphatic rings. The lowest BCUT2D eigenvalue weighted by Gasteiger charge is -2.08. The summed E-state index contributed by atoms with van der Waals surface area (Å²) >= 11 is 0. The first-order valence-corrected chi connectivity index (χ1v) is 8.10. The molecule has 0 aliphatic heterocycles. The van der Waals surface area contributed by atoms with Crippen LogP contribution in [0.15, 0.2) is 65.6 Å². The van der Waals surface area contributed by atoms with Crippen molar-refractivity contribution in [3.63, 3.8) is 0 Å². The Hall–Kier alpha value is -2.44. The van der Waals surface area contributed by atoms with Gasteiger partial charge in [-0.2, -0.15) is 5.10 Å². The summed E-state index contributed by atoms with van der Waals surface area (Å²) in [6.45, 7) is 3.86. The molecule has 0 spiro atoms. The number of nitrogens with two attached hydrogens (primary N) is 1. The van der Waals surface area contributed by atoms with E-state index in [0.29, 0.717) is 5.69 Å². The Kier molecular flexibility index (Phi) is 3.56. The molecule has 1 aromatic heterocycles. The number of aromatic nitrogens is 2. The lowest BCUT2D eigenvalue weighted by atomic mass is 10.1. The van der Waals surface area contributed by atoms with E-state index in [4.69, 9.17) is 5.14 Å². The molecule has 0 amide bonds. The van der Waals surface area contributed by atoms with Crippen LogP contribution in [-0.2, 0) is 10.0 Å². The van der Waals surface area contributed by atoms with Crippen LogP contribution in [0.25, 0.3) is 16.9 Å². The SMILES string of the molecule is [CH2]c1cc(-c2ccccc2)n(-c2ccc(S(N)(=O)=O)cc2)n1. The van der Waals surface area contributed by atoms with Crippen molar-refractivity contribution in [3.05, 3.63) is 73.3 Å². The van der Waals surface area contributed by atoms with Gasteiger partial charge in [-0.05, 0) is 37.3 Å². The zero-order valence-electron chi connectivity index (χ0n) is 11.7. The molecular formula is C16H14N3O2S. The Bertz CT molecular complexity index is 898. The van der Waals surface area contributed by atoms with Gasteiger partial charge in [0.25, 0.3) is 0 Å². The topological polar surface area (TPSA) is 78.0 Å². The van der Waals surface area contributed by atoms with Crippen LogP contribution >= 0.6 is 0 Å². The standard InChI is InChI=1S/C16H14N3O2S/c1-12-11-16(13-5-3-2-4-6-13)19(18-12)14-7-9-15(10-8-14)22(17,20)21/h2-11H,1H2,(H2,17,20,21). The van der Waals surface area contributed by atoms with Crippen LogP contribution in [0, 0.1) is 6.92 Å². The van der Waals surface area contributed by atoms with Crippen molar-refractivity contribution in [3.8, 4) is 16.9 Å². The summed E-state index contributed by atoms with van der Waals surface area (Å²) in [6.07, 6.45) is 0. The van der Waals surface area contributed by atoms with E-state index in [1.165, 1.54) is 12.1 Å². The van der Waals surface area contributed by atoms with Gasteiger partial charge in [0, 0.05) is 5.56 Å². The van der Waals surface area contributed by atoms with E-state index in [1.807, 2.05) is 36.4 Å². The van der Waals surface area contributed by atoms with E-state index in [0.717, 1.165) is 16.9 Å². The maximum atomic E-state index is 11.3. The molecule has 111 valence electrons. The zero-order chi connectivity index (χ0) is 15.7. The van der Waals surface area contributed by atoms with E-state index in [1.54, 1.807) is 16.8 Å². The normalized spacial score (nSPS) is 11.5. The van der Waals surface area contributed by atoms with E-state index in [-0.39, 0.29) is 4.90 Å². The predicted octanol–water partition coefficient (Wildman–Crippen LogP) is 2.37. The molecule has 0 saturated heterocycles. The summed E-state index contributed by atoms with van der Waals surface area (Å²) in [5, 5.41) is 9.48. The van der Waals surface area contributed by atoms with Crippen LogP contribution in [0.4, 0.5) is 0 Å². The van der Waals surface area contributed by atoms with Gasteiger partial charge in [0.2, 0.25) is 10.0 Å². The number of hydrogen-bond acceptors (Lipinski definition) is 3. The minimum atomic E-state index is -3.70. The van der Waals surface area contributed by atoms with Gasteiger partial charge in [-0.3, -0.25) is 0 Å². The van der Waals surface area contributed by atoms with Gasteiger partial charge in [-0.25, -0.2) is 18.2 Å². The first-order chi connectivity index (χ1) is 10.4. The molecule has 0 fully saturated rings. The van der Waals surface area contributed by atoms with E-state index in [2.05, 4.69) is 12.0 Å². The highest BCUT2D eigenvalue weighted by molar-refractivity contribution is 7.89. The number of sulfonamides is 1. The van der Waals surface area contributed by atoms with Crippen LogP contribution in [0.1, 0.15) is 5.69 Å². The highest BCUT2D eigenvalue weighted by Gasteiger charge is 2.11. The molecule has 3 rings (SSSR count). The van der Waals surface area contributed by atoms with Gasteiger partial charge in [0.05, 0.1) is 22.0 Å². The van der Waals surface area contributed by atoms with Gasteiger partial charge in [0.1, 0.15) is 0 Å². The fraction of sp³-hybridized carbons (Fsp3) is 0. The molecule has 0 unspecified atom stereocenters. The van der Waals surface area contributed by atoms with Crippen molar-refractivity contribution < 1.29 is 8.42 Å². The van der Waals surface area contributed by atoms with Crippen LogP contribution < -0.4 is 5.14 Å². The summed E-state index contributed by atoms with van der Waals surface area (Å²) in [7, 11) is -3.70. The summed E-state index contributed by atoms with van der Waals surface area (Å²) in [6, 6.07) is 17.9. The number of hydrogen-bond donors (Lipinski definition) is 1. The van der Waals surface area contributed by atoms with Crippen molar-refractivity contribution in [1.29, 1.82) is 0 Å². The second kappa shape index (κ2) is 5.40. The Balaban J connectivity index is 2.10. The molecule has 0 atom stereocenters. The first-order valence-electron chi connectivity index (χ1n) is 6.56. The third-order valence-corrected chi connectivity index (χ3v) is 4.17. The molecule has 6 heteroatoms. The Labute approximate surface area is 129 Å². The molecule has 3 aromatic rings. The Morgan fingerprint density at radius 2 is 1.64 bits per heavy atom. The zero-order valence-corrected chi connectivity index (χ0v) is 12.5. The van der Waals surface area contributed by atoms with Gasteiger partial charge < -0.3 is 0 Å². The third-order valence-electron chi connectivity index (χ3n) is 3.24. The molecule has 2 N–H and O–H groups in total. The molecule has 22 heavy (non-hydrogen) atoms. The van der Waals surface area contributed by atoms with Gasteiger partial charge in [-0.15, -0.1) is 0 Å². The lowest BCUT2D eigenvalue weighted by Crippen LogP contribution is -2.12. The Morgan fingerprint density at radius 3 is 2.23 bits per heavy atom. The second-order valence-electron chi connectivity index (χ2n) is 4.84. The van der Waals surface area contributed by atoms with Crippen molar-refractivity contribution in [2.45, 2.75) is 4.90 Å². The molecule has 5 nitrogen and oxygen atoms in total. The maximum absolute atomic E-state index is 11.3. The molecule has 1 heterocycles. The van der Waals surface area contributed by atoms with Gasteiger partial charge >= 0.3 is 0 Å². The quantitative estimate of drug-likeness (QED) is 0.806. The average Bonchev–Trinajstić information content (AvgIpc) is 2.89. The fourth-order valence-electron chi connectivity index (χ4n) is 2.22. The van der Waals surface area contributed by atoms with Crippen LogP contribution in [0.3, 0.4) is 0 Å². The van der Waals surface area contributed by atoms with Crippen molar-refractivity contribution >= 4 is 10.0 Å². The highest BCUT2D eigenvalue weighted by Crippen LogP contribution is 2.24. The lowest BCUT2D eigenvalue weighted by molar-refractivity contribution is 0.598. The third kappa shape index (κ3) is 2.79. The first kappa shape index (κ1) is 14.5. The van der Waals surface area contributed by atoms with Crippen LogP contribution in [-0.4, -0.2) is 18.2 Å². The monoisotopic (exact) mass is 312 g/mol. The molecule has 1 radical (unpaired) electrons. The minimum Gasteiger partial charge on any atom is -0.233 e. The number of benzene rings is 2. The highest BCUT2D eigenvalue weighted by atomic mass is 32.2. The summed E-state index contributed by atoms with van der Waals surface area (Å²) in [5.74, 6) is 0. The van der Waals surface area contributed by atoms with Crippen LogP contribution in [0.5, 0.6) is 0 Å². The summed E-state index contributed by atoms with van der Waals surface area (Å²) in [5.41, 5.74) is 3.25. The predicted molar refractivity (Wildman–Crippen MR) is 84.8 cm³/mol. The molecule has 2 aromatic carbocycles. The molecule has 0 bridgehead atoms. The minimum absolute atomic E-state index is 0.0690. The second-order valence-corrected chi connectivity index (χ2v) is 6.40. The number of rotatable bonds is 3. The van der Waals surface area contributed by atoms with Crippen molar-refractivity contribution in [1.82, 2.24) is 9.78 Å². The summed E-state index contributed by atoms with van der Waals surface area (Å²) in [4.78, 5) is 0.0690. The summed E-state index contributed by atoms with van der Waals surface area (Å²) < 4.78 is 24.4. The van der Waals surface area contributed by atoms with E-state index < -0.39 is 10.0 Å². The van der Waals surface area contributed by atoms with Crippen molar-refractivity contribution in [2.75, 3.05) is 0 Å². The Morgan fingerprint density at radius 1 is 1.00 bits per heavy atom. The van der Waals surface area contributed by atoms with E-state index in [9.17, 15) is 8.42 Å². The van der Waals surface area contributed by atoms with E-state index >= 15 is 0 Å². The smallest absolute Gasteiger partial charge is 0.233 e. The molecule has 0 aliphatic carbocycles.